The summed E-state index contributed by atoms with van der Waals surface area (Å²) in [7, 11) is 3.20. The second kappa shape index (κ2) is 13.1. The number of likely N-dealkylation sites (N-methyl/N-ethyl adjacent to an activating group) is 1. The van der Waals surface area contributed by atoms with Gasteiger partial charge in [0, 0.05) is 30.9 Å². The molecule has 0 aliphatic carbocycles. The Bertz CT molecular complexity index is 1500. The Morgan fingerprint density at radius 2 is 1.98 bits per heavy atom. The summed E-state index contributed by atoms with van der Waals surface area (Å²) in [5, 5.41) is 5.61. The summed E-state index contributed by atoms with van der Waals surface area (Å²) in [5.74, 6) is -0.547. The molecule has 2 aromatic carbocycles. The van der Waals surface area contributed by atoms with Crippen LogP contribution < -0.4 is 26.0 Å². The van der Waals surface area contributed by atoms with Gasteiger partial charge < -0.3 is 30.9 Å². The van der Waals surface area contributed by atoms with Gasteiger partial charge in [-0.3, -0.25) is 4.79 Å². The Balaban J connectivity index is 1.63. The maximum Gasteiger partial charge on any atom is 0.420 e. The highest BCUT2D eigenvalue weighted by Crippen LogP contribution is 2.38. The first-order valence-electron chi connectivity index (χ1n) is 12.9. The van der Waals surface area contributed by atoms with Crippen LogP contribution in [-0.4, -0.2) is 66.9 Å². The highest BCUT2D eigenvalue weighted by atomic mass is 35.5. The Hall–Kier alpha value is -4.36. The van der Waals surface area contributed by atoms with Crippen molar-refractivity contribution in [1.29, 1.82) is 0 Å². The number of alkyl halides is 3. The Morgan fingerprint density at radius 1 is 1.19 bits per heavy atom. The molecule has 2 heterocycles. The molecule has 1 saturated heterocycles. The summed E-state index contributed by atoms with van der Waals surface area (Å²) < 4.78 is 45.1. The van der Waals surface area contributed by atoms with Crippen molar-refractivity contribution >= 4 is 46.4 Å². The largest absolute Gasteiger partial charge is 0.496 e. The van der Waals surface area contributed by atoms with Crippen molar-refractivity contribution in [3.63, 3.8) is 0 Å². The molecule has 14 heteroatoms. The number of carbonyl (C=O) groups excluding carboxylic acids is 1. The lowest BCUT2D eigenvalue weighted by atomic mass is 10.1. The number of benzene rings is 2. The number of halogens is 4. The van der Waals surface area contributed by atoms with Crippen molar-refractivity contribution in [3.8, 4) is 5.75 Å². The molecule has 0 atom stereocenters. The summed E-state index contributed by atoms with van der Waals surface area (Å²) in [6.45, 7) is 7.02. The highest BCUT2D eigenvalue weighted by Gasteiger charge is 2.34. The molecule has 4 rings (SSSR count). The van der Waals surface area contributed by atoms with Crippen LogP contribution >= 0.6 is 11.6 Å². The fourth-order valence-corrected chi connectivity index (χ4v) is 4.47. The molecule has 0 radical (unpaired) electrons. The lowest BCUT2D eigenvalue weighted by molar-refractivity contribution is -0.138. The normalized spacial score (nSPS) is 14.7. The number of methoxy groups -OCH3 is 1. The number of hydrogen-bond donors (Lipinski definition) is 3. The smallest absolute Gasteiger partial charge is 0.420 e. The van der Waals surface area contributed by atoms with Crippen molar-refractivity contribution in [1.82, 2.24) is 14.9 Å². The minimum Gasteiger partial charge on any atom is -0.496 e. The quantitative estimate of drug-likeness (QED) is 0.239. The molecule has 4 N–H and O–H groups in total. The number of amidine groups is 1. The van der Waals surface area contributed by atoms with Crippen LogP contribution in [0.3, 0.4) is 0 Å². The second-order valence-corrected chi connectivity index (χ2v) is 9.86. The van der Waals surface area contributed by atoms with Gasteiger partial charge in [-0.2, -0.15) is 13.2 Å². The first-order valence-corrected chi connectivity index (χ1v) is 13.3. The maximum absolute atomic E-state index is 13.4. The third-order valence-corrected chi connectivity index (χ3v) is 6.81. The van der Waals surface area contributed by atoms with Gasteiger partial charge in [-0.15, -0.1) is 0 Å². The third-order valence-electron chi connectivity index (χ3n) is 6.49. The van der Waals surface area contributed by atoms with Crippen LogP contribution in [0, 0.1) is 0 Å². The molecule has 1 aliphatic heterocycles. The summed E-state index contributed by atoms with van der Waals surface area (Å²) in [6, 6.07) is 7.48. The van der Waals surface area contributed by atoms with Gasteiger partial charge in [0.1, 0.15) is 11.4 Å². The number of rotatable bonds is 8. The van der Waals surface area contributed by atoms with Gasteiger partial charge in [0.25, 0.3) is 5.91 Å². The highest BCUT2D eigenvalue weighted by molar-refractivity contribution is 6.33. The Labute approximate surface area is 246 Å². The predicted octanol–water partition coefficient (Wildman–Crippen LogP) is 5.14. The van der Waals surface area contributed by atoms with Crippen LogP contribution in [0.5, 0.6) is 5.75 Å². The number of aliphatic imine (C=N–C) groups is 1. The zero-order valence-corrected chi connectivity index (χ0v) is 23.8. The minimum atomic E-state index is -4.67. The molecule has 1 fully saturated rings. The first kappa shape index (κ1) is 30.6. The van der Waals surface area contributed by atoms with Crippen molar-refractivity contribution < 1.29 is 22.7 Å². The lowest BCUT2D eigenvalue weighted by Crippen LogP contribution is -2.31. The van der Waals surface area contributed by atoms with Crippen LogP contribution in [0.2, 0.25) is 5.02 Å². The fourth-order valence-electron chi connectivity index (χ4n) is 4.32. The molecule has 3 aromatic rings. The Morgan fingerprint density at radius 3 is 2.69 bits per heavy atom. The van der Waals surface area contributed by atoms with E-state index in [1.165, 1.54) is 30.5 Å². The average molecular weight is 603 g/mol. The van der Waals surface area contributed by atoms with E-state index in [4.69, 9.17) is 22.1 Å². The molecule has 0 saturated carbocycles. The number of aromatic nitrogens is 2. The number of ether oxygens (including phenoxy) is 1. The molecule has 0 spiro atoms. The van der Waals surface area contributed by atoms with E-state index in [9.17, 15) is 18.0 Å². The standard InChI is InChI=1S/C28H30ClF3N8O2/c1-4-34-22-16-35-27(40-11-5-10-39(2)12-13-40)38-24(22)25(33)37-21-14-17(6-8-20(21)29)26(41)36-18-7-9-23(42-3)19(15-18)28(30,31)32/h4,6-9,14-16,34H,1,5,10-13H2,2-3H3,(H2,33,37)(H,36,41). The molecule has 1 amide bonds. The number of nitrogens with zero attached hydrogens (tertiary/aromatic N) is 5. The van der Waals surface area contributed by atoms with Gasteiger partial charge in [-0.1, -0.05) is 18.2 Å². The van der Waals surface area contributed by atoms with E-state index in [0.717, 1.165) is 51.8 Å². The molecule has 222 valence electrons. The Kier molecular flexibility index (Phi) is 9.53. The van der Waals surface area contributed by atoms with Crippen LogP contribution in [0.1, 0.15) is 28.0 Å². The van der Waals surface area contributed by atoms with E-state index in [1.807, 2.05) is 0 Å². The number of amides is 1. The van der Waals surface area contributed by atoms with Crippen molar-refractivity contribution in [2.45, 2.75) is 12.6 Å². The van der Waals surface area contributed by atoms with E-state index < -0.39 is 17.6 Å². The van der Waals surface area contributed by atoms with E-state index in [1.54, 1.807) is 6.20 Å². The fraction of sp³-hybridized carbons (Fsp3) is 0.286. The third kappa shape index (κ3) is 7.28. The van der Waals surface area contributed by atoms with E-state index in [2.05, 4.69) is 49.0 Å². The zero-order valence-electron chi connectivity index (χ0n) is 23.0. The summed E-state index contributed by atoms with van der Waals surface area (Å²) in [5.41, 5.74) is 6.34. The number of hydrogen-bond acceptors (Lipinski definition) is 8. The number of nitrogens with two attached hydrogens (primary N) is 1. The molecular weight excluding hydrogens is 573 g/mol. The van der Waals surface area contributed by atoms with Crippen LogP contribution in [0.25, 0.3) is 0 Å². The van der Waals surface area contributed by atoms with Gasteiger partial charge in [-0.05, 0) is 62.6 Å². The SMILES string of the molecule is C=CNc1cnc(N2CCCN(C)CC2)nc1C(N)=Nc1cc(C(=O)Nc2ccc(OC)c(C(F)(F)F)c2)ccc1Cl. The number of anilines is 3. The molecule has 0 unspecified atom stereocenters. The average Bonchev–Trinajstić information content (AvgIpc) is 3.18. The second-order valence-electron chi connectivity index (χ2n) is 9.45. The molecule has 1 aromatic heterocycles. The van der Waals surface area contributed by atoms with Crippen LogP contribution in [0.4, 0.5) is 36.2 Å². The van der Waals surface area contributed by atoms with Gasteiger partial charge >= 0.3 is 6.18 Å². The maximum atomic E-state index is 13.4. The topological polar surface area (TPSA) is 121 Å². The predicted molar refractivity (Wildman–Crippen MR) is 158 cm³/mol. The molecule has 42 heavy (non-hydrogen) atoms. The first-order chi connectivity index (χ1) is 20.0. The number of nitrogens with one attached hydrogen (secondary N) is 2. The zero-order chi connectivity index (χ0) is 30.4. The van der Waals surface area contributed by atoms with Gasteiger partial charge in [0.15, 0.2) is 5.84 Å². The summed E-state index contributed by atoms with van der Waals surface area (Å²) in [6.07, 6.45) is -0.678. The van der Waals surface area contributed by atoms with Crippen molar-refractivity contribution in [3.05, 3.63) is 77.2 Å². The molecule has 10 nitrogen and oxygen atoms in total. The van der Waals surface area contributed by atoms with Crippen molar-refractivity contribution in [2.75, 3.05) is 55.9 Å². The molecular formula is C28H30ClF3N8O2. The van der Waals surface area contributed by atoms with Crippen LogP contribution in [-0.2, 0) is 6.18 Å². The van der Waals surface area contributed by atoms with Crippen molar-refractivity contribution in [2.24, 2.45) is 10.7 Å². The monoisotopic (exact) mass is 602 g/mol. The van der Waals surface area contributed by atoms with Gasteiger partial charge in [0.2, 0.25) is 5.95 Å². The minimum absolute atomic E-state index is 0.000582. The van der Waals surface area contributed by atoms with E-state index >= 15 is 0 Å². The molecule has 0 bridgehead atoms. The lowest BCUT2D eigenvalue weighted by Gasteiger charge is -2.21. The molecule has 1 aliphatic rings. The van der Waals surface area contributed by atoms with Gasteiger partial charge in [-0.25, -0.2) is 15.0 Å². The van der Waals surface area contributed by atoms with E-state index in [-0.39, 0.29) is 33.5 Å². The van der Waals surface area contributed by atoms with Crippen LogP contribution in [0.15, 0.2) is 60.4 Å². The van der Waals surface area contributed by atoms with E-state index in [0.29, 0.717) is 17.3 Å². The number of carbonyl (C=O) groups is 1. The summed E-state index contributed by atoms with van der Waals surface area (Å²) >= 11 is 6.37. The van der Waals surface area contributed by atoms with Gasteiger partial charge in [0.05, 0.1) is 35.3 Å². The summed E-state index contributed by atoms with van der Waals surface area (Å²) in [4.78, 5) is 30.9.